The SMILES string of the molecule is Cc1cc2nc([C@H]3CC[C@H]4C5CC[C@H]6N(C)C(=O)C=C[C@]6(C)C5CC[C@]34C)[nH]c2cc1C. The number of aryl methyl sites for hydroxylation is 2. The zero-order valence-electron chi connectivity index (χ0n) is 20.2. The van der Waals surface area contributed by atoms with Crippen LogP contribution in [-0.4, -0.2) is 33.9 Å². The van der Waals surface area contributed by atoms with E-state index in [-0.39, 0.29) is 11.3 Å². The van der Waals surface area contributed by atoms with Crippen LogP contribution in [0.25, 0.3) is 11.0 Å². The zero-order valence-corrected chi connectivity index (χ0v) is 20.2. The number of aromatic amines is 1. The molecule has 2 heterocycles. The van der Waals surface area contributed by atoms with Crippen LogP contribution in [0.2, 0.25) is 0 Å². The van der Waals surface area contributed by atoms with E-state index >= 15 is 0 Å². The Balaban J connectivity index is 1.33. The maximum Gasteiger partial charge on any atom is 0.246 e. The van der Waals surface area contributed by atoms with Gasteiger partial charge in [-0.15, -0.1) is 0 Å². The number of rotatable bonds is 1. The molecule has 4 heteroatoms. The van der Waals surface area contributed by atoms with Gasteiger partial charge >= 0.3 is 0 Å². The molecule has 6 rings (SSSR count). The Morgan fingerprint density at radius 3 is 2.62 bits per heavy atom. The van der Waals surface area contributed by atoms with Crippen LogP contribution in [0.5, 0.6) is 0 Å². The third-order valence-electron chi connectivity index (χ3n) is 10.6. The van der Waals surface area contributed by atoms with Gasteiger partial charge in [0.15, 0.2) is 0 Å². The van der Waals surface area contributed by atoms with Crippen LogP contribution in [0, 0.1) is 42.4 Å². The standard InChI is InChI=1S/C28H37N3O/c1-16-14-22-23(15-17(16)2)30-26(29-22)21-8-7-19-18-6-9-24-28(4,13-11-25(32)31(24)5)20(18)10-12-27(19,21)3/h11,13-15,18-21,24H,6-10,12H2,1-5H3,(H,29,30)/t18?,19-,20?,21+,24+,27-,28+/m0/s1. The molecule has 0 bridgehead atoms. The van der Waals surface area contributed by atoms with Crippen molar-refractivity contribution in [3.8, 4) is 0 Å². The normalized spacial score (nSPS) is 41.0. The fraction of sp³-hybridized carbons (Fsp3) is 0.643. The number of fused-ring (bicyclic) bond motifs is 6. The summed E-state index contributed by atoms with van der Waals surface area (Å²) in [6.07, 6.45) is 11.6. The highest BCUT2D eigenvalue weighted by Gasteiger charge is 2.60. The van der Waals surface area contributed by atoms with Crippen LogP contribution < -0.4 is 0 Å². The summed E-state index contributed by atoms with van der Waals surface area (Å²) < 4.78 is 0. The van der Waals surface area contributed by atoms with Gasteiger partial charge in [0.2, 0.25) is 5.91 Å². The molecule has 0 spiro atoms. The molecule has 1 aromatic heterocycles. The van der Waals surface area contributed by atoms with Gasteiger partial charge in [0, 0.05) is 24.4 Å². The number of hydrogen-bond acceptors (Lipinski definition) is 2. The van der Waals surface area contributed by atoms with E-state index in [1.807, 2.05) is 18.0 Å². The average molecular weight is 432 g/mol. The van der Waals surface area contributed by atoms with Crippen molar-refractivity contribution in [1.29, 1.82) is 0 Å². The number of benzene rings is 1. The fourth-order valence-electron chi connectivity index (χ4n) is 8.64. The van der Waals surface area contributed by atoms with Gasteiger partial charge in [-0.1, -0.05) is 19.9 Å². The predicted octanol–water partition coefficient (Wildman–Crippen LogP) is 5.90. The monoisotopic (exact) mass is 431 g/mol. The van der Waals surface area contributed by atoms with E-state index in [1.54, 1.807) is 0 Å². The van der Waals surface area contributed by atoms with Gasteiger partial charge in [-0.2, -0.15) is 0 Å². The Kier molecular flexibility index (Phi) is 4.30. The maximum absolute atomic E-state index is 12.3. The number of nitrogens with zero attached hydrogens (tertiary/aromatic N) is 2. The molecule has 2 unspecified atom stereocenters. The fourth-order valence-corrected chi connectivity index (χ4v) is 8.64. The number of nitrogens with one attached hydrogen (secondary N) is 1. The Bertz CT molecular complexity index is 1090. The third-order valence-corrected chi connectivity index (χ3v) is 10.6. The molecule has 3 saturated carbocycles. The Hall–Kier alpha value is -2.10. The number of hydrogen-bond donors (Lipinski definition) is 1. The third kappa shape index (κ3) is 2.61. The molecule has 1 amide bonds. The summed E-state index contributed by atoms with van der Waals surface area (Å²) in [5, 5.41) is 0. The number of likely N-dealkylation sites (N-methyl/N-ethyl adjacent to an activating group) is 1. The van der Waals surface area contributed by atoms with Gasteiger partial charge < -0.3 is 9.88 Å². The first kappa shape index (κ1) is 20.5. The summed E-state index contributed by atoms with van der Waals surface area (Å²) >= 11 is 0. The van der Waals surface area contributed by atoms with Crippen molar-refractivity contribution < 1.29 is 4.79 Å². The molecular weight excluding hydrogens is 394 g/mol. The van der Waals surface area contributed by atoms with Gasteiger partial charge in [0.05, 0.1) is 11.0 Å². The van der Waals surface area contributed by atoms with E-state index in [0.29, 0.717) is 23.3 Å². The topological polar surface area (TPSA) is 49.0 Å². The second kappa shape index (κ2) is 6.71. The van der Waals surface area contributed by atoms with E-state index in [1.165, 1.54) is 54.6 Å². The lowest BCUT2D eigenvalue weighted by Gasteiger charge is -2.60. The molecule has 0 radical (unpaired) electrons. The molecule has 7 atom stereocenters. The lowest BCUT2D eigenvalue weighted by atomic mass is 9.47. The first-order valence-electron chi connectivity index (χ1n) is 12.7. The minimum absolute atomic E-state index is 0.124. The second-order valence-electron chi connectivity index (χ2n) is 11.9. The molecular formula is C28H37N3O. The molecule has 32 heavy (non-hydrogen) atoms. The maximum atomic E-state index is 12.3. The van der Waals surface area contributed by atoms with Gasteiger partial charge in [-0.25, -0.2) is 4.98 Å². The van der Waals surface area contributed by atoms with Crippen molar-refractivity contribution >= 4 is 16.9 Å². The molecule has 1 aromatic carbocycles. The van der Waals surface area contributed by atoms with E-state index in [2.05, 4.69) is 50.9 Å². The van der Waals surface area contributed by atoms with Crippen LogP contribution >= 0.6 is 0 Å². The Morgan fingerprint density at radius 2 is 1.81 bits per heavy atom. The van der Waals surface area contributed by atoms with Crippen molar-refractivity contribution in [2.75, 3.05) is 7.05 Å². The van der Waals surface area contributed by atoms with Crippen LogP contribution in [0.3, 0.4) is 0 Å². The Labute approximate surface area is 191 Å². The minimum atomic E-state index is 0.124. The second-order valence-corrected chi connectivity index (χ2v) is 11.9. The number of carbonyl (C=O) groups is 1. The van der Waals surface area contributed by atoms with E-state index in [0.717, 1.165) is 23.8 Å². The van der Waals surface area contributed by atoms with Gasteiger partial charge in [0.25, 0.3) is 0 Å². The van der Waals surface area contributed by atoms with Gasteiger partial charge in [0.1, 0.15) is 5.82 Å². The minimum Gasteiger partial charge on any atom is -0.342 e. The van der Waals surface area contributed by atoms with Gasteiger partial charge in [-0.05, 0) is 105 Å². The molecule has 4 nitrogen and oxygen atoms in total. The smallest absolute Gasteiger partial charge is 0.246 e. The molecule has 3 fully saturated rings. The number of amides is 1. The quantitative estimate of drug-likeness (QED) is 0.611. The first-order valence-corrected chi connectivity index (χ1v) is 12.7. The summed E-state index contributed by atoms with van der Waals surface area (Å²) in [6, 6.07) is 4.87. The zero-order chi connectivity index (χ0) is 22.4. The molecule has 4 aliphatic rings. The van der Waals surface area contributed by atoms with Crippen molar-refractivity contribution in [2.24, 2.45) is 28.6 Å². The highest BCUT2D eigenvalue weighted by molar-refractivity contribution is 5.89. The molecule has 0 saturated heterocycles. The lowest BCUT2D eigenvalue weighted by molar-refractivity contribution is -0.138. The van der Waals surface area contributed by atoms with Crippen LogP contribution in [0.4, 0.5) is 0 Å². The molecule has 2 aromatic rings. The van der Waals surface area contributed by atoms with E-state index in [9.17, 15) is 4.79 Å². The van der Waals surface area contributed by atoms with Crippen molar-refractivity contribution in [1.82, 2.24) is 14.9 Å². The number of carbonyl (C=O) groups excluding carboxylic acids is 1. The van der Waals surface area contributed by atoms with Crippen molar-refractivity contribution in [3.05, 3.63) is 41.2 Å². The molecule has 3 aliphatic carbocycles. The van der Waals surface area contributed by atoms with Crippen molar-refractivity contribution in [3.63, 3.8) is 0 Å². The molecule has 1 N–H and O–H groups in total. The van der Waals surface area contributed by atoms with E-state index < -0.39 is 0 Å². The lowest BCUT2D eigenvalue weighted by Crippen LogP contribution is -2.59. The van der Waals surface area contributed by atoms with Crippen LogP contribution in [-0.2, 0) is 4.79 Å². The highest BCUT2D eigenvalue weighted by atomic mass is 16.2. The summed E-state index contributed by atoms with van der Waals surface area (Å²) in [5.74, 6) is 4.14. The summed E-state index contributed by atoms with van der Waals surface area (Å²) in [7, 11) is 2.01. The summed E-state index contributed by atoms with van der Waals surface area (Å²) in [4.78, 5) is 23.2. The predicted molar refractivity (Wildman–Crippen MR) is 128 cm³/mol. The molecule has 1 aliphatic heterocycles. The molecule has 170 valence electrons. The van der Waals surface area contributed by atoms with Gasteiger partial charge in [-0.3, -0.25) is 4.79 Å². The Morgan fingerprint density at radius 1 is 1.03 bits per heavy atom. The van der Waals surface area contributed by atoms with Crippen molar-refractivity contribution in [2.45, 2.75) is 78.2 Å². The summed E-state index contributed by atoms with van der Waals surface area (Å²) in [6.45, 7) is 9.37. The average Bonchev–Trinajstić information content (AvgIpc) is 3.31. The highest BCUT2D eigenvalue weighted by Crippen LogP contribution is 2.67. The number of aromatic nitrogens is 2. The summed E-state index contributed by atoms with van der Waals surface area (Å²) in [5.41, 5.74) is 5.41. The van der Waals surface area contributed by atoms with Crippen LogP contribution in [0.1, 0.15) is 75.2 Å². The number of imidazole rings is 1. The van der Waals surface area contributed by atoms with Crippen LogP contribution in [0.15, 0.2) is 24.3 Å². The van der Waals surface area contributed by atoms with E-state index in [4.69, 9.17) is 4.98 Å². The number of H-pyrrole nitrogens is 1. The largest absolute Gasteiger partial charge is 0.342 e. The first-order chi connectivity index (χ1) is 15.2.